The summed E-state index contributed by atoms with van der Waals surface area (Å²) in [7, 11) is 0. The van der Waals surface area contributed by atoms with Crippen molar-refractivity contribution in [1.29, 1.82) is 0 Å². The summed E-state index contributed by atoms with van der Waals surface area (Å²) in [5, 5.41) is 17.7. The van der Waals surface area contributed by atoms with Crippen LogP contribution in [0, 0.1) is 6.92 Å². The molecule has 26 heavy (non-hydrogen) atoms. The molecule has 0 saturated heterocycles. The summed E-state index contributed by atoms with van der Waals surface area (Å²) in [6.07, 6.45) is 1.43. The first-order valence-corrected chi connectivity index (χ1v) is 7.90. The topological polar surface area (TPSA) is 166 Å². The Kier molecular flexibility index (Phi) is 5.02. The molecular weight excluding hydrogens is 338 g/mol. The molecule has 3 rings (SSSR count). The molecule has 132 valence electrons. The van der Waals surface area contributed by atoms with E-state index in [9.17, 15) is 4.79 Å². The van der Waals surface area contributed by atoms with Gasteiger partial charge in [-0.3, -0.25) is 4.79 Å². The quantitative estimate of drug-likeness (QED) is 0.474. The Bertz CT molecular complexity index is 919. The maximum absolute atomic E-state index is 12.5. The van der Waals surface area contributed by atoms with E-state index in [-0.39, 0.29) is 30.1 Å². The number of carbonyl (C=O) groups is 1. The van der Waals surface area contributed by atoms with Gasteiger partial charge < -0.3 is 9.73 Å². The van der Waals surface area contributed by atoms with Crippen LogP contribution in [0.2, 0.25) is 0 Å². The smallest absolute Gasteiger partial charge is 0.251 e. The van der Waals surface area contributed by atoms with Crippen LogP contribution in [0.4, 0.5) is 5.69 Å². The van der Waals surface area contributed by atoms with E-state index in [0.29, 0.717) is 22.9 Å². The van der Waals surface area contributed by atoms with Crippen molar-refractivity contribution in [2.75, 3.05) is 0 Å². The van der Waals surface area contributed by atoms with E-state index in [1.807, 2.05) is 0 Å². The predicted molar refractivity (Wildman–Crippen MR) is 90.4 cm³/mol. The second-order valence-electron chi connectivity index (χ2n) is 5.96. The van der Waals surface area contributed by atoms with Crippen LogP contribution in [0.3, 0.4) is 0 Å². The van der Waals surface area contributed by atoms with Crippen molar-refractivity contribution >= 4 is 11.6 Å². The van der Waals surface area contributed by atoms with E-state index in [1.165, 1.54) is 6.07 Å². The monoisotopic (exact) mass is 353 g/mol. The molecule has 0 aliphatic heterocycles. The van der Waals surface area contributed by atoms with Crippen molar-refractivity contribution in [3.05, 3.63) is 62.0 Å². The standard InChI is InChI=1S/C15H15N9O2/c1-8-20-22-15(26-8)11-5-12(6-11)19-14(25)10-2-9(7-18-23-16)3-13(4-10)21-24-17/h2-4,11-12H,5-7H2,1H3,(H,19,25). The third-order valence-electron chi connectivity index (χ3n) is 4.08. The Morgan fingerprint density at radius 1 is 1.31 bits per heavy atom. The van der Waals surface area contributed by atoms with Gasteiger partial charge in [-0.1, -0.05) is 10.2 Å². The summed E-state index contributed by atoms with van der Waals surface area (Å²) in [6.45, 7) is 1.80. The van der Waals surface area contributed by atoms with Gasteiger partial charge in [0.15, 0.2) is 0 Å². The lowest BCUT2D eigenvalue weighted by Gasteiger charge is -2.33. The Morgan fingerprint density at radius 2 is 2.12 bits per heavy atom. The molecule has 11 nitrogen and oxygen atoms in total. The van der Waals surface area contributed by atoms with Crippen LogP contribution >= 0.6 is 0 Å². The van der Waals surface area contributed by atoms with Crippen LogP contribution in [0.5, 0.6) is 0 Å². The van der Waals surface area contributed by atoms with Crippen LogP contribution < -0.4 is 5.32 Å². The first-order valence-electron chi connectivity index (χ1n) is 7.90. The van der Waals surface area contributed by atoms with Crippen molar-refractivity contribution in [2.45, 2.75) is 38.3 Å². The third-order valence-corrected chi connectivity index (χ3v) is 4.08. The second kappa shape index (κ2) is 7.56. The van der Waals surface area contributed by atoms with Crippen LogP contribution in [0.25, 0.3) is 20.9 Å². The molecule has 0 radical (unpaired) electrons. The molecule has 1 aromatic heterocycles. The fourth-order valence-corrected chi connectivity index (χ4v) is 2.80. The van der Waals surface area contributed by atoms with Gasteiger partial charge in [-0.25, -0.2) is 0 Å². The lowest BCUT2D eigenvalue weighted by molar-refractivity contribution is 0.0903. The lowest BCUT2D eigenvalue weighted by Crippen LogP contribution is -2.43. The van der Waals surface area contributed by atoms with E-state index in [4.69, 9.17) is 15.5 Å². The van der Waals surface area contributed by atoms with E-state index >= 15 is 0 Å². The molecule has 2 aromatic rings. The zero-order valence-corrected chi connectivity index (χ0v) is 13.9. The van der Waals surface area contributed by atoms with E-state index in [0.717, 1.165) is 12.8 Å². The zero-order valence-electron chi connectivity index (χ0n) is 13.9. The van der Waals surface area contributed by atoms with Crippen LogP contribution in [-0.2, 0) is 6.54 Å². The molecule has 11 heteroatoms. The Hall–Kier alpha value is -3.55. The van der Waals surface area contributed by atoms with Crippen LogP contribution in [-0.4, -0.2) is 22.1 Å². The number of nitrogens with zero attached hydrogens (tertiary/aromatic N) is 8. The van der Waals surface area contributed by atoms with E-state index < -0.39 is 0 Å². The van der Waals surface area contributed by atoms with Gasteiger partial charge in [0.25, 0.3) is 5.91 Å². The summed E-state index contributed by atoms with van der Waals surface area (Å²) in [5.41, 5.74) is 18.3. The minimum absolute atomic E-state index is 0.00316. The average molecular weight is 353 g/mol. The highest BCUT2D eigenvalue weighted by atomic mass is 16.4. The fourth-order valence-electron chi connectivity index (χ4n) is 2.80. The van der Waals surface area contributed by atoms with Crippen LogP contribution in [0.1, 0.15) is 46.5 Å². The summed E-state index contributed by atoms with van der Waals surface area (Å²) >= 11 is 0. The minimum Gasteiger partial charge on any atom is -0.425 e. The maximum atomic E-state index is 12.5. The lowest BCUT2D eigenvalue weighted by atomic mass is 9.80. The Morgan fingerprint density at radius 3 is 2.77 bits per heavy atom. The highest BCUT2D eigenvalue weighted by molar-refractivity contribution is 5.95. The molecule has 0 bridgehead atoms. The van der Waals surface area contributed by atoms with Gasteiger partial charge in [0.2, 0.25) is 11.8 Å². The molecule has 1 amide bonds. The summed E-state index contributed by atoms with van der Waals surface area (Å²) in [6, 6.07) is 4.68. The van der Waals surface area contributed by atoms with Crippen LogP contribution in [0.15, 0.2) is 32.8 Å². The van der Waals surface area contributed by atoms with Crippen molar-refractivity contribution in [3.8, 4) is 0 Å². The van der Waals surface area contributed by atoms with Gasteiger partial charge >= 0.3 is 0 Å². The Labute approximate surface area is 147 Å². The van der Waals surface area contributed by atoms with Gasteiger partial charge in [-0.2, -0.15) is 0 Å². The second-order valence-corrected chi connectivity index (χ2v) is 5.96. The molecule has 1 aliphatic carbocycles. The number of carbonyl (C=O) groups excluding carboxylic acids is 1. The molecule has 1 N–H and O–H groups in total. The van der Waals surface area contributed by atoms with Crippen molar-refractivity contribution in [2.24, 2.45) is 10.2 Å². The zero-order chi connectivity index (χ0) is 18.5. The number of hydrogen-bond donors (Lipinski definition) is 1. The number of rotatable bonds is 6. The van der Waals surface area contributed by atoms with Gasteiger partial charge in [0, 0.05) is 40.0 Å². The van der Waals surface area contributed by atoms with Gasteiger partial charge in [0.1, 0.15) is 0 Å². The van der Waals surface area contributed by atoms with E-state index in [2.05, 4.69) is 35.6 Å². The minimum atomic E-state index is -0.285. The molecule has 1 heterocycles. The normalized spacial score (nSPS) is 18.2. The number of aromatic nitrogens is 2. The van der Waals surface area contributed by atoms with Gasteiger partial charge in [0.05, 0.1) is 6.54 Å². The summed E-state index contributed by atoms with van der Waals surface area (Å²) in [4.78, 5) is 17.9. The first kappa shape index (κ1) is 17.3. The maximum Gasteiger partial charge on any atom is 0.251 e. The number of azide groups is 2. The predicted octanol–water partition coefficient (Wildman–Crippen LogP) is 3.81. The highest BCUT2D eigenvalue weighted by Gasteiger charge is 2.35. The molecule has 0 spiro atoms. The van der Waals surface area contributed by atoms with Gasteiger partial charge in [-0.05, 0) is 47.7 Å². The average Bonchev–Trinajstić information content (AvgIpc) is 3.01. The number of nitrogens with one attached hydrogen (secondary N) is 1. The SMILES string of the molecule is Cc1nnc(C2CC(NC(=O)c3cc(CN=[N+]=[N-])cc(N=[N+]=[N-])c3)C2)o1. The molecule has 1 saturated carbocycles. The van der Waals surface area contributed by atoms with Crippen molar-refractivity contribution in [1.82, 2.24) is 15.5 Å². The first-order chi connectivity index (χ1) is 12.6. The summed E-state index contributed by atoms with van der Waals surface area (Å²) < 4.78 is 5.40. The Balaban J connectivity index is 1.66. The molecule has 0 atom stereocenters. The number of aryl methyl sites for hydroxylation is 1. The molecule has 1 fully saturated rings. The largest absolute Gasteiger partial charge is 0.425 e. The van der Waals surface area contributed by atoms with E-state index in [1.54, 1.807) is 19.1 Å². The molecular formula is C15H15N9O2. The fraction of sp³-hybridized carbons (Fsp3) is 0.400. The molecule has 0 unspecified atom stereocenters. The number of hydrogen-bond acceptors (Lipinski definition) is 6. The number of benzene rings is 1. The van der Waals surface area contributed by atoms with Crippen molar-refractivity contribution < 1.29 is 9.21 Å². The highest BCUT2D eigenvalue weighted by Crippen LogP contribution is 2.36. The number of amides is 1. The molecule has 1 aliphatic rings. The molecule has 1 aromatic carbocycles. The van der Waals surface area contributed by atoms with Crippen molar-refractivity contribution in [3.63, 3.8) is 0 Å². The van der Waals surface area contributed by atoms with Gasteiger partial charge in [-0.15, -0.1) is 10.2 Å². The summed E-state index contributed by atoms with van der Waals surface area (Å²) in [5.74, 6) is 0.980. The third kappa shape index (κ3) is 3.92.